The Morgan fingerprint density at radius 1 is 0.978 bits per heavy atom. The van der Waals surface area contributed by atoms with Crippen LogP contribution in [0, 0.1) is 17.2 Å². The maximum absolute atomic E-state index is 14.7. The van der Waals surface area contributed by atoms with Crippen LogP contribution in [0.3, 0.4) is 0 Å². The molecule has 1 saturated heterocycles. The van der Waals surface area contributed by atoms with Crippen LogP contribution in [-0.2, 0) is 24.4 Å². The zero-order chi connectivity index (χ0) is 31.8. The molecule has 2 aromatic carbocycles. The average molecular weight is 629 g/mol. The molecule has 0 bridgehead atoms. The van der Waals surface area contributed by atoms with Crippen LogP contribution in [-0.4, -0.2) is 58.1 Å². The van der Waals surface area contributed by atoms with Crippen molar-refractivity contribution >= 4 is 22.8 Å². The predicted molar refractivity (Wildman–Crippen MR) is 168 cm³/mol. The van der Waals surface area contributed by atoms with Crippen molar-refractivity contribution < 1.29 is 27.8 Å². The van der Waals surface area contributed by atoms with E-state index < -0.39 is 11.8 Å². The highest BCUT2D eigenvalue weighted by Gasteiger charge is 2.44. The van der Waals surface area contributed by atoms with Gasteiger partial charge in [0.05, 0.1) is 36.9 Å². The number of esters is 1. The van der Waals surface area contributed by atoms with Gasteiger partial charge < -0.3 is 14.0 Å². The number of likely N-dealkylation sites (tertiary alicyclic amines) is 1. The molecule has 1 aliphatic heterocycles. The van der Waals surface area contributed by atoms with Gasteiger partial charge in [0.1, 0.15) is 18.2 Å². The van der Waals surface area contributed by atoms with E-state index in [9.17, 15) is 18.4 Å². The van der Waals surface area contributed by atoms with Gasteiger partial charge in [-0.15, -0.1) is 0 Å². The number of ketones is 1. The number of alkyl halides is 1. The standard InChI is InChI=1S/C36H38F2N4O4/c1-45-35(44)26-9-10-30-31(18-26)42(22-36(21-37)13-14-36)32(39-30)19-41-15-11-23(12-16-41)29-3-2-4-33(40-29)46-20-27-8-7-25(17-28(27)38)34(43)24-5-6-24/h2-4,7-10,17-18,23-24H,5-6,11-16,19-22H2,1H3. The second kappa shape index (κ2) is 12.5. The van der Waals surface area contributed by atoms with Gasteiger partial charge in [0.25, 0.3) is 0 Å². The molecule has 2 saturated carbocycles. The van der Waals surface area contributed by atoms with Gasteiger partial charge >= 0.3 is 5.97 Å². The average Bonchev–Trinajstić information content (AvgIpc) is 4.03. The van der Waals surface area contributed by atoms with Crippen molar-refractivity contribution in [3.8, 4) is 5.88 Å². The van der Waals surface area contributed by atoms with Crippen LogP contribution >= 0.6 is 0 Å². The molecule has 2 aliphatic carbocycles. The number of hydrogen-bond acceptors (Lipinski definition) is 7. The number of halogens is 2. The smallest absolute Gasteiger partial charge is 0.337 e. The Kier molecular flexibility index (Phi) is 8.31. The van der Waals surface area contributed by atoms with Crippen molar-refractivity contribution in [3.63, 3.8) is 0 Å². The third-order valence-corrected chi connectivity index (χ3v) is 9.76. The quantitative estimate of drug-likeness (QED) is 0.128. The molecule has 0 N–H and O–H groups in total. The summed E-state index contributed by atoms with van der Waals surface area (Å²) in [5.41, 5.74) is 3.48. The minimum atomic E-state index is -0.440. The van der Waals surface area contributed by atoms with Crippen LogP contribution < -0.4 is 4.74 Å². The topological polar surface area (TPSA) is 86.5 Å². The highest BCUT2D eigenvalue weighted by atomic mass is 19.1. The lowest BCUT2D eigenvalue weighted by Crippen LogP contribution is -2.34. The third kappa shape index (κ3) is 6.40. The number of aromatic nitrogens is 3. The van der Waals surface area contributed by atoms with E-state index in [-0.39, 0.29) is 36.3 Å². The molecule has 3 aliphatic rings. The van der Waals surface area contributed by atoms with Gasteiger partial charge in [-0.05, 0) is 81.9 Å². The molecule has 0 spiro atoms. The van der Waals surface area contributed by atoms with Crippen LogP contribution in [0.1, 0.15) is 82.2 Å². The molecule has 0 amide bonds. The van der Waals surface area contributed by atoms with Crippen molar-refractivity contribution in [3.05, 3.63) is 88.6 Å². The number of hydrogen-bond donors (Lipinski definition) is 0. The molecule has 3 heterocycles. The molecule has 7 rings (SSSR count). The number of methoxy groups -OCH3 is 1. The summed E-state index contributed by atoms with van der Waals surface area (Å²) < 4.78 is 41.6. The molecular weight excluding hydrogens is 590 g/mol. The number of nitrogens with zero attached hydrogens (tertiary/aromatic N) is 4. The molecule has 240 valence electrons. The maximum atomic E-state index is 14.7. The number of benzene rings is 2. The van der Waals surface area contributed by atoms with Gasteiger partial charge in [0, 0.05) is 46.7 Å². The molecule has 0 unspecified atom stereocenters. The van der Waals surface area contributed by atoms with E-state index >= 15 is 0 Å². The number of Topliss-reactive ketones (excluding diaryl/α,β-unsaturated/α-hetero) is 1. The van der Waals surface area contributed by atoms with Gasteiger partial charge in [-0.1, -0.05) is 18.2 Å². The molecule has 10 heteroatoms. The summed E-state index contributed by atoms with van der Waals surface area (Å²) >= 11 is 0. The van der Waals surface area contributed by atoms with Crippen molar-refractivity contribution in [1.82, 2.24) is 19.4 Å². The zero-order valence-corrected chi connectivity index (χ0v) is 26.0. The minimum absolute atomic E-state index is 0.0168. The minimum Gasteiger partial charge on any atom is -0.473 e. The Hall–Kier alpha value is -4.18. The molecule has 0 atom stereocenters. The van der Waals surface area contributed by atoms with E-state index in [1.165, 1.54) is 13.2 Å². The molecular formula is C36H38F2N4O4. The Morgan fingerprint density at radius 2 is 1.76 bits per heavy atom. The summed E-state index contributed by atoms with van der Waals surface area (Å²) in [6, 6.07) is 15.7. The summed E-state index contributed by atoms with van der Waals surface area (Å²) in [6.45, 7) is 2.53. The second-order valence-electron chi connectivity index (χ2n) is 13.1. The third-order valence-electron chi connectivity index (χ3n) is 9.76. The van der Waals surface area contributed by atoms with Gasteiger partial charge in [-0.3, -0.25) is 14.1 Å². The van der Waals surface area contributed by atoms with Crippen LogP contribution in [0.2, 0.25) is 0 Å². The summed E-state index contributed by atoms with van der Waals surface area (Å²) in [6.07, 6.45) is 5.28. The fourth-order valence-electron chi connectivity index (χ4n) is 6.44. The van der Waals surface area contributed by atoms with Crippen molar-refractivity contribution in [2.75, 3.05) is 26.9 Å². The van der Waals surface area contributed by atoms with Crippen LogP contribution in [0.15, 0.2) is 54.6 Å². The number of piperidine rings is 1. The Morgan fingerprint density at radius 3 is 2.46 bits per heavy atom. The van der Waals surface area contributed by atoms with Crippen molar-refractivity contribution in [1.29, 1.82) is 0 Å². The Bertz CT molecular complexity index is 1770. The predicted octanol–water partition coefficient (Wildman–Crippen LogP) is 6.66. The summed E-state index contributed by atoms with van der Waals surface area (Å²) in [7, 11) is 1.36. The highest BCUT2D eigenvalue weighted by Crippen LogP contribution is 2.48. The first kappa shape index (κ1) is 30.5. The molecule has 46 heavy (non-hydrogen) atoms. The van der Waals surface area contributed by atoms with Crippen molar-refractivity contribution in [2.24, 2.45) is 11.3 Å². The Labute approximate surface area is 266 Å². The molecule has 3 fully saturated rings. The first-order chi connectivity index (χ1) is 22.3. The molecule has 8 nitrogen and oxygen atoms in total. The number of imidazole rings is 1. The number of carbonyl (C=O) groups excluding carboxylic acids is 2. The first-order valence-electron chi connectivity index (χ1n) is 16.1. The maximum Gasteiger partial charge on any atom is 0.337 e. The SMILES string of the molecule is COC(=O)c1ccc2nc(CN3CCC(c4cccc(OCc5ccc(C(=O)C6CC6)cc5F)n4)CC3)n(CC3(CF)CC3)c2c1. The first-order valence-corrected chi connectivity index (χ1v) is 16.1. The van der Waals surface area contributed by atoms with Crippen LogP contribution in [0.5, 0.6) is 5.88 Å². The fourth-order valence-corrected chi connectivity index (χ4v) is 6.44. The van der Waals surface area contributed by atoms with E-state index in [0.29, 0.717) is 35.7 Å². The number of pyridine rings is 1. The number of rotatable bonds is 12. The summed E-state index contributed by atoms with van der Waals surface area (Å²) in [5.74, 6) is 0.795. The van der Waals surface area contributed by atoms with E-state index in [4.69, 9.17) is 19.4 Å². The molecule has 0 radical (unpaired) electrons. The number of fused-ring (bicyclic) bond motifs is 1. The second-order valence-corrected chi connectivity index (χ2v) is 13.1. The van der Waals surface area contributed by atoms with Gasteiger partial charge in [0.15, 0.2) is 5.78 Å². The molecule has 4 aromatic rings. The monoisotopic (exact) mass is 628 g/mol. The lowest BCUT2D eigenvalue weighted by Gasteiger charge is -2.31. The largest absolute Gasteiger partial charge is 0.473 e. The Balaban J connectivity index is 0.993. The summed E-state index contributed by atoms with van der Waals surface area (Å²) in [5, 5.41) is 0. The van der Waals surface area contributed by atoms with Crippen molar-refractivity contribution in [2.45, 2.75) is 64.1 Å². The highest BCUT2D eigenvalue weighted by molar-refractivity contribution is 5.99. The van der Waals surface area contributed by atoms with E-state index in [1.807, 2.05) is 18.2 Å². The number of ether oxygens (including phenoxy) is 2. The van der Waals surface area contributed by atoms with Crippen LogP contribution in [0.25, 0.3) is 11.0 Å². The lowest BCUT2D eigenvalue weighted by atomic mass is 9.93. The van der Waals surface area contributed by atoms with E-state index in [0.717, 1.165) is 74.2 Å². The van der Waals surface area contributed by atoms with Gasteiger partial charge in [0.2, 0.25) is 5.88 Å². The summed E-state index contributed by atoms with van der Waals surface area (Å²) in [4.78, 5) is 36.5. The van der Waals surface area contributed by atoms with Crippen LogP contribution in [0.4, 0.5) is 8.78 Å². The fraction of sp³-hybridized carbons (Fsp3) is 0.444. The normalized spacial score (nSPS) is 18.1. The van der Waals surface area contributed by atoms with Gasteiger partial charge in [-0.2, -0.15) is 0 Å². The number of carbonyl (C=O) groups is 2. The lowest BCUT2D eigenvalue weighted by molar-refractivity contribution is 0.0600. The molecule has 2 aromatic heterocycles. The zero-order valence-electron chi connectivity index (χ0n) is 26.0. The van der Waals surface area contributed by atoms with E-state index in [1.54, 1.807) is 30.3 Å². The van der Waals surface area contributed by atoms with E-state index in [2.05, 4.69) is 9.47 Å². The van der Waals surface area contributed by atoms with Gasteiger partial charge in [-0.25, -0.2) is 19.2 Å².